The molecule has 0 aromatic heterocycles. The van der Waals surface area contributed by atoms with Crippen molar-refractivity contribution in [3.05, 3.63) is 28.8 Å². The summed E-state index contributed by atoms with van der Waals surface area (Å²) in [6, 6.07) is 3.42. The zero-order valence-electron chi connectivity index (χ0n) is 10.8. The lowest BCUT2D eigenvalue weighted by Gasteiger charge is -2.16. The van der Waals surface area contributed by atoms with Crippen LogP contribution in [-0.4, -0.2) is 42.8 Å². The van der Waals surface area contributed by atoms with Gasteiger partial charge < -0.3 is 10.8 Å². The lowest BCUT2D eigenvalue weighted by Crippen LogP contribution is -2.31. The van der Waals surface area contributed by atoms with E-state index in [9.17, 15) is 18.0 Å². The molecule has 1 aromatic carbocycles. The molecule has 0 spiro atoms. The predicted octanol–water partition coefficient (Wildman–Crippen LogP) is 0.534. The summed E-state index contributed by atoms with van der Waals surface area (Å²) in [5, 5.41) is 8.71. The first kappa shape index (κ1) is 15.7. The molecule has 0 radical (unpaired) electrons. The molecule has 1 aliphatic heterocycles. The summed E-state index contributed by atoms with van der Waals surface area (Å²) in [7, 11) is -3.82. The molecule has 1 amide bonds. The van der Waals surface area contributed by atoms with Gasteiger partial charge in [-0.2, -0.15) is 4.31 Å². The first-order chi connectivity index (χ1) is 9.73. The molecule has 9 heteroatoms. The molecule has 0 bridgehead atoms. The fourth-order valence-electron chi connectivity index (χ4n) is 2.16. The third-order valence-electron chi connectivity index (χ3n) is 3.36. The highest BCUT2D eigenvalue weighted by Gasteiger charge is 2.35. The molecule has 1 atom stereocenters. The molecule has 1 unspecified atom stereocenters. The average Bonchev–Trinajstić information content (AvgIpc) is 2.88. The van der Waals surface area contributed by atoms with Crippen molar-refractivity contribution in [2.45, 2.75) is 11.3 Å². The molecule has 7 nitrogen and oxygen atoms in total. The normalized spacial score (nSPS) is 19.6. The number of nitrogens with zero attached hydrogens (tertiary/aromatic N) is 1. The summed E-state index contributed by atoms with van der Waals surface area (Å²) in [6.45, 7) is 0.213. The quantitative estimate of drug-likeness (QED) is 0.834. The highest BCUT2D eigenvalue weighted by molar-refractivity contribution is 7.89. The molecule has 0 saturated carbocycles. The van der Waals surface area contributed by atoms with Crippen LogP contribution in [0.1, 0.15) is 16.8 Å². The Hall–Kier alpha value is -1.64. The van der Waals surface area contributed by atoms with E-state index in [2.05, 4.69) is 0 Å². The fraction of sp³-hybridized carbons (Fsp3) is 0.333. The van der Waals surface area contributed by atoms with Crippen LogP contribution >= 0.6 is 11.6 Å². The van der Waals surface area contributed by atoms with Gasteiger partial charge in [0.2, 0.25) is 15.9 Å². The number of carboxylic acid groups (broad SMARTS) is 1. The second-order valence-corrected chi connectivity index (χ2v) is 7.04. The number of benzene rings is 1. The summed E-state index contributed by atoms with van der Waals surface area (Å²) in [5.41, 5.74) is 5.00. The Bertz CT molecular complexity index is 704. The minimum Gasteiger partial charge on any atom is -0.478 e. The van der Waals surface area contributed by atoms with Gasteiger partial charge in [0.05, 0.1) is 21.4 Å². The van der Waals surface area contributed by atoms with E-state index in [0.717, 1.165) is 16.4 Å². The van der Waals surface area contributed by atoms with Crippen LogP contribution in [0.2, 0.25) is 5.02 Å². The first-order valence-electron chi connectivity index (χ1n) is 6.06. The second-order valence-electron chi connectivity index (χ2n) is 4.70. The van der Waals surface area contributed by atoms with Crippen LogP contribution in [0, 0.1) is 5.92 Å². The molecule has 3 N–H and O–H groups in total. The van der Waals surface area contributed by atoms with Crippen molar-refractivity contribution < 1.29 is 23.1 Å². The number of sulfonamides is 1. The molecule has 1 heterocycles. The van der Waals surface area contributed by atoms with Gasteiger partial charge in [0.15, 0.2) is 0 Å². The second kappa shape index (κ2) is 5.63. The standard InChI is InChI=1S/C12H13ClN2O5S/c13-10-5-8(1-2-9(10)12(17)18)21(19,20)15-4-3-7(6-15)11(14)16/h1-2,5,7H,3-4,6H2,(H2,14,16)(H,17,18). The molecular weight excluding hydrogens is 320 g/mol. The molecule has 1 aromatic rings. The number of nitrogens with two attached hydrogens (primary N) is 1. The Morgan fingerprint density at radius 3 is 2.52 bits per heavy atom. The Balaban J connectivity index is 2.31. The van der Waals surface area contributed by atoms with Crippen molar-refractivity contribution >= 4 is 33.5 Å². The molecular formula is C12H13ClN2O5S. The molecule has 1 aliphatic rings. The maximum Gasteiger partial charge on any atom is 0.337 e. The van der Waals surface area contributed by atoms with E-state index in [1.54, 1.807) is 0 Å². The minimum absolute atomic E-state index is 0.0238. The first-order valence-corrected chi connectivity index (χ1v) is 7.87. The maximum atomic E-state index is 12.4. The Morgan fingerprint density at radius 1 is 1.38 bits per heavy atom. The van der Waals surface area contributed by atoms with Crippen molar-refractivity contribution in [3.8, 4) is 0 Å². The number of carbonyl (C=O) groups excluding carboxylic acids is 1. The van der Waals surface area contributed by atoms with Crippen LogP contribution in [0.3, 0.4) is 0 Å². The number of rotatable bonds is 4. The Kier molecular flexibility index (Phi) is 4.22. The van der Waals surface area contributed by atoms with Crippen LogP contribution < -0.4 is 5.73 Å². The zero-order valence-corrected chi connectivity index (χ0v) is 12.4. The average molecular weight is 333 g/mol. The van der Waals surface area contributed by atoms with E-state index < -0.39 is 27.8 Å². The summed E-state index contributed by atoms with van der Waals surface area (Å²) >= 11 is 5.78. The lowest BCUT2D eigenvalue weighted by atomic mass is 10.1. The topological polar surface area (TPSA) is 118 Å². The Morgan fingerprint density at radius 2 is 2.05 bits per heavy atom. The molecule has 1 saturated heterocycles. The van der Waals surface area contributed by atoms with E-state index in [0.29, 0.717) is 6.42 Å². The van der Waals surface area contributed by atoms with Gasteiger partial charge in [0.25, 0.3) is 0 Å². The van der Waals surface area contributed by atoms with Crippen molar-refractivity contribution in [2.24, 2.45) is 11.7 Å². The summed E-state index contributed by atoms with van der Waals surface area (Å²) in [6.07, 6.45) is 0.371. The summed E-state index contributed by atoms with van der Waals surface area (Å²) < 4.78 is 26.0. The van der Waals surface area contributed by atoms with E-state index in [-0.39, 0.29) is 28.6 Å². The molecule has 1 fully saturated rings. The predicted molar refractivity (Wildman–Crippen MR) is 74.5 cm³/mol. The van der Waals surface area contributed by atoms with E-state index in [1.807, 2.05) is 0 Å². The van der Waals surface area contributed by atoms with Gasteiger partial charge in [-0.3, -0.25) is 4.79 Å². The lowest BCUT2D eigenvalue weighted by molar-refractivity contribution is -0.121. The summed E-state index contributed by atoms with van der Waals surface area (Å²) in [5.74, 6) is -2.28. The number of halogens is 1. The van der Waals surface area contributed by atoms with Crippen molar-refractivity contribution in [1.82, 2.24) is 4.31 Å². The van der Waals surface area contributed by atoms with Gasteiger partial charge in [0.1, 0.15) is 0 Å². The van der Waals surface area contributed by atoms with Gasteiger partial charge >= 0.3 is 5.97 Å². The number of aromatic carboxylic acids is 1. The molecule has 114 valence electrons. The van der Waals surface area contributed by atoms with Crippen LogP contribution in [0.4, 0.5) is 0 Å². The molecule has 2 rings (SSSR count). The third-order valence-corrected chi connectivity index (χ3v) is 5.54. The SMILES string of the molecule is NC(=O)C1CCN(S(=O)(=O)c2ccc(C(=O)O)c(Cl)c2)C1. The number of carbonyl (C=O) groups is 2. The van der Waals surface area contributed by atoms with Gasteiger partial charge in [-0.25, -0.2) is 13.2 Å². The van der Waals surface area contributed by atoms with E-state index >= 15 is 0 Å². The maximum absolute atomic E-state index is 12.4. The van der Waals surface area contributed by atoms with Crippen molar-refractivity contribution in [1.29, 1.82) is 0 Å². The van der Waals surface area contributed by atoms with Crippen molar-refractivity contribution in [2.75, 3.05) is 13.1 Å². The van der Waals surface area contributed by atoms with Gasteiger partial charge in [0, 0.05) is 13.1 Å². The smallest absolute Gasteiger partial charge is 0.337 e. The van der Waals surface area contributed by atoms with E-state index in [4.69, 9.17) is 22.4 Å². The highest BCUT2D eigenvalue weighted by atomic mass is 35.5. The number of amides is 1. The number of hydrogen-bond donors (Lipinski definition) is 2. The fourth-order valence-corrected chi connectivity index (χ4v) is 4.01. The zero-order chi connectivity index (χ0) is 15.8. The number of hydrogen-bond acceptors (Lipinski definition) is 4. The third kappa shape index (κ3) is 3.02. The summed E-state index contributed by atoms with van der Waals surface area (Å²) in [4.78, 5) is 21.9. The monoisotopic (exact) mass is 332 g/mol. The highest BCUT2D eigenvalue weighted by Crippen LogP contribution is 2.27. The molecule has 0 aliphatic carbocycles. The van der Waals surface area contributed by atoms with Crippen molar-refractivity contribution in [3.63, 3.8) is 0 Å². The largest absolute Gasteiger partial charge is 0.478 e. The van der Waals surface area contributed by atoms with Gasteiger partial charge in [-0.1, -0.05) is 11.6 Å². The minimum atomic E-state index is -3.82. The van der Waals surface area contributed by atoms with Crippen LogP contribution in [0.15, 0.2) is 23.1 Å². The number of carboxylic acids is 1. The van der Waals surface area contributed by atoms with Crippen LogP contribution in [0.25, 0.3) is 0 Å². The number of primary amides is 1. The molecule has 21 heavy (non-hydrogen) atoms. The van der Waals surface area contributed by atoms with Gasteiger partial charge in [-0.15, -0.1) is 0 Å². The van der Waals surface area contributed by atoms with Crippen LogP contribution in [-0.2, 0) is 14.8 Å². The van der Waals surface area contributed by atoms with E-state index in [1.165, 1.54) is 6.07 Å². The Labute approximate surface area is 126 Å². The van der Waals surface area contributed by atoms with Gasteiger partial charge in [-0.05, 0) is 24.6 Å². The van der Waals surface area contributed by atoms with Crippen LogP contribution in [0.5, 0.6) is 0 Å².